The van der Waals surface area contributed by atoms with Crippen LogP contribution in [0.3, 0.4) is 0 Å². The van der Waals surface area contributed by atoms with Crippen LogP contribution in [-0.2, 0) is 33.3 Å². The average Bonchev–Trinajstić information content (AvgIpc) is 3.74. The van der Waals surface area contributed by atoms with Gasteiger partial charge in [-0.1, -0.05) is 342 Å². The number of allylic oxidation sites excluding steroid dienone is 18. The van der Waals surface area contributed by atoms with Crippen molar-refractivity contribution in [2.24, 2.45) is 0 Å². The second kappa shape index (κ2) is 73.8. The van der Waals surface area contributed by atoms with Crippen LogP contribution in [0, 0.1) is 0 Å². The maximum atomic E-state index is 13.0. The molecule has 0 aromatic carbocycles. The molecule has 0 saturated carbocycles. The molecule has 0 aliphatic heterocycles. The Morgan fingerprint density at radius 1 is 0.333 bits per heavy atom. The van der Waals surface area contributed by atoms with E-state index in [0.29, 0.717) is 23.9 Å². The van der Waals surface area contributed by atoms with Crippen LogP contribution in [0.15, 0.2) is 109 Å². The van der Waals surface area contributed by atoms with Crippen molar-refractivity contribution in [2.75, 3.05) is 47.5 Å². The first-order valence-corrected chi connectivity index (χ1v) is 39.1. The molecule has 0 spiro atoms. The minimum Gasteiger partial charge on any atom is -0.477 e. The molecule has 9 nitrogen and oxygen atoms in total. The molecular weight excluding hydrogens is 1150 g/mol. The zero-order valence-electron chi connectivity index (χ0n) is 61.4. The Kier molecular flexibility index (Phi) is 70.5. The molecule has 0 aromatic rings. The number of hydrogen-bond acceptors (Lipinski definition) is 7. The summed E-state index contributed by atoms with van der Waals surface area (Å²) in [5.41, 5.74) is 0. The van der Waals surface area contributed by atoms with Gasteiger partial charge in [0.1, 0.15) is 13.2 Å². The van der Waals surface area contributed by atoms with Crippen LogP contribution in [0.25, 0.3) is 0 Å². The standard InChI is InChI=1S/C84H147NO8/c1-6-8-10-12-14-16-18-20-22-24-26-28-30-32-34-36-37-38-39-40-41-42-43-44-45-47-48-50-52-54-56-58-60-62-64-66-68-70-72-74-81(86)91-78-80(79-92-84(83(88)89)90-77-76-85(3,4)5)93-82(87)75-73-71-69-67-65-63-61-59-57-55-53-51-49-46-35-33-31-29-27-25-23-21-19-17-15-13-11-9-7-2/h9,11,15,17-18,20-21,23-24,26-27,29-30,32-33,35,49,51,80,84H,6-8,10,12-14,16,19,22,25,28,31,34,36-48,50,52-79H2,1-5H3/p+1/b11-9-,17-15-,20-18-,23-21-,26-24-,29-27-,32-30-,35-33-,51-49-. The molecule has 0 rings (SSSR count). The second-order valence-corrected chi connectivity index (χ2v) is 27.3. The lowest BCUT2D eigenvalue weighted by atomic mass is 10.0. The Bertz CT molecular complexity index is 1900. The molecule has 2 unspecified atom stereocenters. The first kappa shape index (κ1) is 89.0. The molecule has 0 fully saturated rings. The summed E-state index contributed by atoms with van der Waals surface area (Å²) in [4.78, 5) is 37.7. The summed E-state index contributed by atoms with van der Waals surface area (Å²) < 4.78 is 23.0. The second-order valence-electron chi connectivity index (χ2n) is 27.3. The Hall–Kier alpha value is -4.05. The van der Waals surface area contributed by atoms with Crippen molar-refractivity contribution in [3.05, 3.63) is 109 Å². The van der Waals surface area contributed by atoms with Gasteiger partial charge in [0.05, 0.1) is 34.4 Å². The highest BCUT2D eigenvalue weighted by Crippen LogP contribution is 2.18. The summed E-state index contributed by atoms with van der Waals surface area (Å²) in [5, 5.41) is 9.77. The summed E-state index contributed by atoms with van der Waals surface area (Å²) in [5.74, 6) is -2.00. The van der Waals surface area contributed by atoms with Crippen LogP contribution < -0.4 is 0 Å². The van der Waals surface area contributed by atoms with Crippen molar-refractivity contribution >= 4 is 17.9 Å². The minimum absolute atomic E-state index is 0.184. The van der Waals surface area contributed by atoms with E-state index >= 15 is 0 Å². The molecule has 0 saturated heterocycles. The number of nitrogens with zero attached hydrogens (tertiary/aromatic N) is 1. The number of aliphatic carboxylic acids is 1. The molecule has 536 valence electrons. The number of carboxylic acids is 1. The molecule has 0 aliphatic rings. The summed E-state index contributed by atoms with van der Waals surface area (Å²) in [6, 6.07) is 0. The van der Waals surface area contributed by atoms with Crippen LogP contribution in [0.2, 0.25) is 0 Å². The summed E-state index contributed by atoms with van der Waals surface area (Å²) >= 11 is 0. The summed E-state index contributed by atoms with van der Waals surface area (Å²) in [6.07, 6.45) is 101. The van der Waals surface area contributed by atoms with Gasteiger partial charge >= 0.3 is 17.9 Å². The van der Waals surface area contributed by atoms with E-state index in [2.05, 4.69) is 123 Å². The van der Waals surface area contributed by atoms with Gasteiger partial charge in [-0.05, 0) is 103 Å². The largest absolute Gasteiger partial charge is 0.477 e. The predicted octanol–water partition coefficient (Wildman–Crippen LogP) is 24.9. The highest BCUT2D eigenvalue weighted by molar-refractivity contribution is 5.71. The van der Waals surface area contributed by atoms with Crippen molar-refractivity contribution in [3.8, 4) is 0 Å². The fourth-order valence-corrected chi connectivity index (χ4v) is 11.1. The Morgan fingerprint density at radius 3 is 0.914 bits per heavy atom. The van der Waals surface area contributed by atoms with Gasteiger partial charge in [-0.15, -0.1) is 0 Å². The van der Waals surface area contributed by atoms with Gasteiger partial charge in [0.2, 0.25) is 0 Å². The zero-order valence-corrected chi connectivity index (χ0v) is 61.4. The van der Waals surface area contributed by atoms with Crippen LogP contribution >= 0.6 is 0 Å². The molecule has 0 aromatic heterocycles. The molecule has 0 radical (unpaired) electrons. The van der Waals surface area contributed by atoms with Crippen molar-refractivity contribution in [3.63, 3.8) is 0 Å². The number of hydrogen-bond donors (Lipinski definition) is 1. The third-order valence-electron chi connectivity index (χ3n) is 17.0. The molecule has 0 heterocycles. The Balaban J connectivity index is 4.02. The fourth-order valence-electron chi connectivity index (χ4n) is 11.1. The van der Waals surface area contributed by atoms with Crippen LogP contribution in [0.1, 0.15) is 348 Å². The Labute approximate surface area is 575 Å². The van der Waals surface area contributed by atoms with Crippen LogP contribution in [0.4, 0.5) is 0 Å². The van der Waals surface area contributed by atoms with Crippen molar-refractivity contribution in [2.45, 2.75) is 360 Å². The van der Waals surface area contributed by atoms with Gasteiger partial charge < -0.3 is 28.5 Å². The van der Waals surface area contributed by atoms with E-state index in [4.69, 9.17) is 18.9 Å². The van der Waals surface area contributed by atoms with E-state index in [1.54, 1.807) is 0 Å². The highest BCUT2D eigenvalue weighted by atomic mass is 16.7. The third kappa shape index (κ3) is 75.2. The topological polar surface area (TPSA) is 108 Å². The third-order valence-corrected chi connectivity index (χ3v) is 17.0. The van der Waals surface area contributed by atoms with E-state index in [1.807, 2.05) is 21.1 Å². The van der Waals surface area contributed by atoms with Crippen LogP contribution in [-0.4, -0.2) is 87.4 Å². The van der Waals surface area contributed by atoms with E-state index in [9.17, 15) is 19.5 Å². The SMILES string of the molecule is CC/C=C\C/C=C\C/C=C\C/C=C\C/C=C\C/C=C\CCCCCCCCCCCCC(=O)OC(COC(=O)CCCCCCCCCCCCCCCCCCCCCCCCCC/C=C\C/C=C\C/C=C\CCCCCCC)COC(OCC[N+](C)(C)C)C(=O)O. The average molecular weight is 1300 g/mol. The number of esters is 2. The molecule has 2 atom stereocenters. The van der Waals surface area contributed by atoms with E-state index in [1.165, 1.54) is 218 Å². The van der Waals surface area contributed by atoms with Gasteiger partial charge in [-0.3, -0.25) is 9.59 Å². The maximum absolute atomic E-state index is 13.0. The lowest BCUT2D eigenvalue weighted by molar-refractivity contribution is -0.870. The molecular formula is C84H148NO8+. The van der Waals surface area contributed by atoms with E-state index < -0.39 is 24.3 Å². The first-order chi connectivity index (χ1) is 45.6. The number of ether oxygens (including phenoxy) is 4. The molecule has 0 aliphatic carbocycles. The molecule has 9 heteroatoms. The number of rotatable bonds is 72. The monoisotopic (exact) mass is 1300 g/mol. The lowest BCUT2D eigenvalue weighted by Gasteiger charge is -2.25. The van der Waals surface area contributed by atoms with Gasteiger partial charge in [-0.25, -0.2) is 4.79 Å². The van der Waals surface area contributed by atoms with Gasteiger partial charge in [-0.2, -0.15) is 0 Å². The molecule has 0 amide bonds. The normalized spacial score (nSPS) is 13.3. The summed E-state index contributed by atoms with van der Waals surface area (Å²) in [6.45, 7) is 4.78. The zero-order chi connectivity index (χ0) is 67.5. The quantitative estimate of drug-likeness (QED) is 0.0211. The predicted molar refractivity (Wildman–Crippen MR) is 401 cm³/mol. The van der Waals surface area contributed by atoms with Crippen molar-refractivity contribution < 1.29 is 42.9 Å². The van der Waals surface area contributed by atoms with Crippen molar-refractivity contribution in [1.29, 1.82) is 0 Å². The molecule has 93 heavy (non-hydrogen) atoms. The Morgan fingerprint density at radius 2 is 0.613 bits per heavy atom. The first-order valence-electron chi connectivity index (χ1n) is 39.1. The number of carbonyl (C=O) groups excluding carboxylic acids is 2. The number of carboxylic acid groups (broad SMARTS) is 1. The number of likely N-dealkylation sites (N-methyl/N-ethyl adjacent to an activating group) is 1. The molecule has 1 N–H and O–H groups in total. The van der Waals surface area contributed by atoms with Gasteiger partial charge in [0.25, 0.3) is 6.29 Å². The fraction of sp³-hybridized carbons (Fsp3) is 0.750. The van der Waals surface area contributed by atoms with Crippen LogP contribution in [0.5, 0.6) is 0 Å². The minimum atomic E-state index is -1.52. The highest BCUT2D eigenvalue weighted by Gasteiger charge is 2.25. The van der Waals surface area contributed by atoms with Gasteiger partial charge in [0.15, 0.2) is 6.10 Å². The number of quaternary nitrogens is 1. The van der Waals surface area contributed by atoms with Crippen molar-refractivity contribution in [1.82, 2.24) is 0 Å². The maximum Gasteiger partial charge on any atom is 0.361 e. The number of carbonyl (C=O) groups is 3. The summed E-state index contributed by atoms with van der Waals surface area (Å²) in [7, 11) is 5.98. The number of unbranched alkanes of at least 4 members (excludes halogenated alkanes) is 39. The van der Waals surface area contributed by atoms with E-state index in [0.717, 1.165) is 96.3 Å². The van der Waals surface area contributed by atoms with E-state index in [-0.39, 0.29) is 32.2 Å². The smallest absolute Gasteiger partial charge is 0.361 e. The van der Waals surface area contributed by atoms with Gasteiger partial charge in [0, 0.05) is 12.8 Å². The lowest BCUT2D eigenvalue weighted by Crippen LogP contribution is -2.40. The molecule has 0 bridgehead atoms.